The number of hydrogen-bond acceptors (Lipinski definition) is 3. The second kappa shape index (κ2) is 6.92. The van der Waals surface area contributed by atoms with Crippen molar-refractivity contribution in [1.29, 1.82) is 0 Å². The third kappa shape index (κ3) is 3.95. The van der Waals surface area contributed by atoms with Gasteiger partial charge in [0.1, 0.15) is 5.75 Å². The van der Waals surface area contributed by atoms with Crippen LogP contribution < -0.4 is 10.1 Å². The van der Waals surface area contributed by atoms with Crippen molar-refractivity contribution in [2.75, 3.05) is 26.7 Å². The van der Waals surface area contributed by atoms with Crippen LogP contribution >= 0.6 is 0 Å². The average Bonchev–Trinajstić information content (AvgIpc) is 2.40. The first kappa shape index (κ1) is 14.4. The van der Waals surface area contributed by atoms with E-state index in [1.165, 1.54) is 24.0 Å². The topological polar surface area (TPSA) is 24.5 Å². The van der Waals surface area contributed by atoms with E-state index in [1.54, 1.807) is 7.11 Å². The molecule has 0 spiro atoms. The molecule has 1 fully saturated rings. The molecule has 1 aromatic rings. The molecule has 0 radical (unpaired) electrons. The van der Waals surface area contributed by atoms with Crippen LogP contribution in [-0.2, 0) is 6.54 Å². The van der Waals surface area contributed by atoms with E-state index in [-0.39, 0.29) is 0 Å². The third-order valence-electron chi connectivity index (χ3n) is 3.81. The van der Waals surface area contributed by atoms with Crippen molar-refractivity contribution in [3.63, 3.8) is 0 Å². The summed E-state index contributed by atoms with van der Waals surface area (Å²) in [5.74, 6) is 1.01. The van der Waals surface area contributed by atoms with Gasteiger partial charge in [0.2, 0.25) is 0 Å². The maximum Gasteiger partial charge on any atom is 0.123 e. The molecule has 1 saturated heterocycles. The lowest BCUT2D eigenvalue weighted by molar-refractivity contribution is 0.185. The van der Waals surface area contributed by atoms with E-state index in [0.717, 1.165) is 31.9 Å². The first-order valence-corrected chi connectivity index (χ1v) is 7.32. The predicted molar refractivity (Wildman–Crippen MR) is 79.7 cm³/mol. The van der Waals surface area contributed by atoms with Gasteiger partial charge in [-0.1, -0.05) is 31.0 Å². The zero-order valence-corrected chi connectivity index (χ0v) is 12.4. The van der Waals surface area contributed by atoms with Gasteiger partial charge in [-0.15, -0.1) is 0 Å². The first-order chi connectivity index (χ1) is 9.22. The van der Waals surface area contributed by atoms with E-state index in [9.17, 15) is 0 Å². The first-order valence-electron chi connectivity index (χ1n) is 7.32. The van der Waals surface area contributed by atoms with Crippen molar-refractivity contribution in [1.82, 2.24) is 10.2 Å². The van der Waals surface area contributed by atoms with Gasteiger partial charge in [-0.25, -0.2) is 0 Å². The maximum absolute atomic E-state index is 5.47. The number of nitrogens with one attached hydrogen (secondary N) is 1. The predicted octanol–water partition coefficient (Wildman–Crippen LogP) is 2.58. The minimum absolute atomic E-state index is 0.648. The standard InChI is InChI=1S/C16H26N2O/c1-4-5-15-12-18(9-8-17-15)11-14-10-13(2)6-7-16(14)19-3/h6-7,10,15,17H,4-5,8-9,11-12H2,1-3H3. The lowest BCUT2D eigenvalue weighted by Crippen LogP contribution is -2.50. The van der Waals surface area contributed by atoms with Gasteiger partial charge in [-0.2, -0.15) is 0 Å². The number of hydrogen-bond donors (Lipinski definition) is 1. The van der Waals surface area contributed by atoms with Gasteiger partial charge >= 0.3 is 0 Å². The molecule has 2 rings (SSSR count). The summed E-state index contributed by atoms with van der Waals surface area (Å²) in [6, 6.07) is 7.08. The minimum atomic E-state index is 0.648. The molecule has 1 unspecified atom stereocenters. The summed E-state index contributed by atoms with van der Waals surface area (Å²) >= 11 is 0. The number of ether oxygens (including phenoxy) is 1. The van der Waals surface area contributed by atoms with E-state index in [0.29, 0.717) is 6.04 Å². The van der Waals surface area contributed by atoms with Gasteiger partial charge in [0.05, 0.1) is 7.11 Å². The molecule has 1 N–H and O–H groups in total. The minimum Gasteiger partial charge on any atom is -0.496 e. The number of benzene rings is 1. The highest BCUT2D eigenvalue weighted by Crippen LogP contribution is 2.22. The van der Waals surface area contributed by atoms with Crippen LogP contribution in [0.1, 0.15) is 30.9 Å². The molecule has 3 nitrogen and oxygen atoms in total. The number of piperazine rings is 1. The molecule has 1 atom stereocenters. The van der Waals surface area contributed by atoms with Crippen LogP contribution in [0.15, 0.2) is 18.2 Å². The SMILES string of the molecule is CCCC1CN(Cc2cc(C)ccc2OC)CCN1. The van der Waals surface area contributed by atoms with E-state index in [1.807, 2.05) is 0 Å². The van der Waals surface area contributed by atoms with Gasteiger partial charge < -0.3 is 10.1 Å². The van der Waals surface area contributed by atoms with Gasteiger partial charge in [0.25, 0.3) is 0 Å². The second-order valence-corrected chi connectivity index (χ2v) is 5.49. The number of methoxy groups -OCH3 is 1. The molecule has 1 aliphatic rings. The van der Waals surface area contributed by atoms with Crippen LogP contribution in [0.4, 0.5) is 0 Å². The van der Waals surface area contributed by atoms with E-state index >= 15 is 0 Å². The van der Waals surface area contributed by atoms with Crippen LogP contribution in [0.25, 0.3) is 0 Å². The Labute approximate surface area is 116 Å². The maximum atomic E-state index is 5.47. The highest BCUT2D eigenvalue weighted by molar-refractivity contribution is 5.36. The quantitative estimate of drug-likeness (QED) is 0.882. The molecule has 106 valence electrons. The fraction of sp³-hybridized carbons (Fsp3) is 0.625. The van der Waals surface area contributed by atoms with Crippen LogP contribution in [0.3, 0.4) is 0 Å². The van der Waals surface area contributed by atoms with Crippen LogP contribution in [0, 0.1) is 6.92 Å². The molecule has 0 saturated carbocycles. The molecular formula is C16H26N2O. The molecule has 0 amide bonds. The molecule has 0 bridgehead atoms. The number of rotatable bonds is 5. The van der Waals surface area contributed by atoms with E-state index in [4.69, 9.17) is 4.74 Å². The lowest BCUT2D eigenvalue weighted by Gasteiger charge is -2.34. The van der Waals surface area contributed by atoms with Crippen LogP contribution in [0.5, 0.6) is 5.75 Å². The fourth-order valence-corrected chi connectivity index (χ4v) is 2.85. The van der Waals surface area contributed by atoms with Crippen LogP contribution in [-0.4, -0.2) is 37.7 Å². The molecule has 1 aliphatic heterocycles. The summed E-state index contributed by atoms with van der Waals surface area (Å²) < 4.78 is 5.47. The Hall–Kier alpha value is -1.06. The van der Waals surface area contributed by atoms with Crippen molar-refractivity contribution in [3.05, 3.63) is 29.3 Å². The van der Waals surface area contributed by atoms with E-state index < -0.39 is 0 Å². The Morgan fingerprint density at radius 1 is 1.42 bits per heavy atom. The number of aryl methyl sites for hydroxylation is 1. The normalized spacial score (nSPS) is 20.5. The zero-order chi connectivity index (χ0) is 13.7. The third-order valence-corrected chi connectivity index (χ3v) is 3.81. The molecular weight excluding hydrogens is 236 g/mol. The lowest BCUT2D eigenvalue weighted by atomic mass is 10.1. The van der Waals surface area contributed by atoms with Gasteiger partial charge in [-0.3, -0.25) is 4.90 Å². The van der Waals surface area contributed by atoms with Crippen molar-refractivity contribution in [3.8, 4) is 5.75 Å². The summed E-state index contributed by atoms with van der Waals surface area (Å²) in [7, 11) is 1.76. The van der Waals surface area contributed by atoms with Crippen LogP contribution in [0.2, 0.25) is 0 Å². The van der Waals surface area contributed by atoms with Crippen molar-refractivity contribution in [2.45, 2.75) is 39.3 Å². The highest BCUT2D eigenvalue weighted by atomic mass is 16.5. The molecule has 19 heavy (non-hydrogen) atoms. The van der Waals surface area contributed by atoms with Gasteiger partial charge in [0, 0.05) is 37.8 Å². The fourth-order valence-electron chi connectivity index (χ4n) is 2.85. The molecule has 0 aliphatic carbocycles. The average molecular weight is 262 g/mol. The van der Waals surface area contributed by atoms with Crippen molar-refractivity contribution < 1.29 is 4.74 Å². The Balaban J connectivity index is 2.01. The highest BCUT2D eigenvalue weighted by Gasteiger charge is 2.19. The zero-order valence-electron chi connectivity index (χ0n) is 12.4. The Morgan fingerprint density at radius 2 is 2.26 bits per heavy atom. The van der Waals surface area contributed by atoms with Crippen molar-refractivity contribution >= 4 is 0 Å². The Bertz CT molecular complexity index is 404. The summed E-state index contributed by atoms with van der Waals surface area (Å²) in [4.78, 5) is 2.54. The van der Waals surface area contributed by atoms with Gasteiger partial charge in [0.15, 0.2) is 0 Å². The molecule has 1 heterocycles. The summed E-state index contributed by atoms with van der Waals surface area (Å²) in [5.41, 5.74) is 2.61. The van der Waals surface area contributed by atoms with Gasteiger partial charge in [-0.05, 0) is 19.4 Å². The smallest absolute Gasteiger partial charge is 0.123 e. The monoisotopic (exact) mass is 262 g/mol. The molecule has 1 aromatic carbocycles. The van der Waals surface area contributed by atoms with Crippen molar-refractivity contribution in [2.24, 2.45) is 0 Å². The Morgan fingerprint density at radius 3 is 3.00 bits per heavy atom. The molecule has 3 heteroatoms. The summed E-state index contributed by atoms with van der Waals surface area (Å²) in [5, 5.41) is 3.60. The number of nitrogens with zero attached hydrogens (tertiary/aromatic N) is 1. The Kier molecular flexibility index (Phi) is 5.23. The summed E-state index contributed by atoms with van der Waals surface area (Å²) in [6.07, 6.45) is 2.51. The second-order valence-electron chi connectivity index (χ2n) is 5.49. The largest absolute Gasteiger partial charge is 0.496 e. The summed E-state index contributed by atoms with van der Waals surface area (Å²) in [6.45, 7) is 8.75. The molecule has 0 aromatic heterocycles. The van der Waals surface area contributed by atoms with E-state index in [2.05, 4.69) is 42.3 Å².